The van der Waals surface area contributed by atoms with Gasteiger partial charge in [0.15, 0.2) is 17.2 Å². The topological polar surface area (TPSA) is 88.6 Å². The molecule has 7 nitrogen and oxygen atoms in total. The van der Waals surface area contributed by atoms with Gasteiger partial charge in [-0.3, -0.25) is 9.59 Å². The van der Waals surface area contributed by atoms with E-state index < -0.39 is 0 Å². The molecule has 0 unspecified atom stereocenters. The zero-order valence-electron chi connectivity index (χ0n) is 14.2. The summed E-state index contributed by atoms with van der Waals surface area (Å²) in [5, 5.41) is 6.56. The van der Waals surface area contributed by atoms with Gasteiger partial charge in [0.25, 0.3) is 11.8 Å². The first kappa shape index (κ1) is 17.8. The third kappa shape index (κ3) is 4.71. The van der Waals surface area contributed by atoms with Crippen molar-refractivity contribution >= 4 is 11.8 Å². The molecule has 0 radical (unpaired) electrons. The lowest BCUT2D eigenvalue weighted by Crippen LogP contribution is -2.31. The summed E-state index contributed by atoms with van der Waals surface area (Å²) in [5.74, 6) is 0.587. The molecule has 2 heterocycles. The molecule has 0 spiro atoms. The predicted octanol–water partition coefficient (Wildman–Crippen LogP) is 2.71. The Hall–Kier alpha value is -2.57. The van der Waals surface area contributed by atoms with E-state index in [4.69, 9.17) is 8.94 Å². The second kappa shape index (κ2) is 8.33. The second-order valence-corrected chi connectivity index (χ2v) is 5.99. The molecule has 0 bridgehead atoms. The molecule has 0 aliphatic rings. The Morgan fingerprint density at radius 3 is 2.79 bits per heavy atom. The number of nitrogens with zero attached hydrogens (tertiary/aromatic N) is 2. The fourth-order valence-electron chi connectivity index (χ4n) is 2.15. The van der Waals surface area contributed by atoms with Crippen molar-refractivity contribution in [2.75, 3.05) is 13.1 Å². The number of rotatable bonds is 8. The van der Waals surface area contributed by atoms with E-state index in [1.807, 2.05) is 20.8 Å². The fraction of sp³-hybridized carbons (Fsp3) is 0.471. The molecule has 0 saturated carbocycles. The normalized spacial score (nSPS) is 10.8. The lowest BCUT2D eigenvalue weighted by Gasteiger charge is -2.19. The average Bonchev–Trinajstić information content (AvgIpc) is 3.23. The average molecular weight is 333 g/mol. The van der Waals surface area contributed by atoms with Gasteiger partial charge in [0.05, 0.1) is 12.8 Å². The minimum absolute atomic E-state index is 0.215. The first-order valence-electron chi connectivity index (χ1n) is 8.07. The molecule has 1 N–H and O–H groups in total. The van der Waals surface area contributed by atoms with E-state index in [0.717, 1.165) is 6.42 Å². The van der Waals surface area contributed by atoms with Gasteiger partial charge in [0.2, 0.25) is 0 Å². The fourth-order valence-corrected chi connectivity index (χ4v) is 2.15. The quantitative estimate of drug-likeness (QED) is 0.802. The predicted molar refractivity (Wildman–Crippen MR) is 87.4 cm³/mol. The third-order valence-corrected chi connectivity index (χ3v) is 3.32. The van der Waals surface area contributed by atoms with Crippen LogP contribution < -0.4 is 5.32 Å². The number of nitrogens with one attached hydrogen (secondary N) is 1. The molecule has 7 heteroatoms. The molecule has 2 aromatic heterocycles. The van der Waals surface area contributed by atoms with Crippen molar-refractivity contribution in [3.8, 4) is 0 Å². The van der Waals surface area contributed by atoms with Crippen LogP contribution in [0.1, 0.15) is 54.0 Å². The molecule has 2 rings (SSSR count). The lowest BCUT2D eigenvalue weighted by atomic mass is 10.2. The summed E-state index contributed by atoms with van der Waals surface area (Å²) in [7, 11) is 0. The Morgan fingerprint density at radius 1 is 1.38 bits per heavy atom. The van der Waals surface area contributed by atoms with Crippen molar-refractivity contribution in [1.29, 1.82) is 0 Å². The highest BCUT2D eigenvalue weighted by Gasteiger charge is 2.21. The van der Waals surface area contributed by atoms with E-state index in [1.165, 1.54) is 6.26 Å². The number of carbonyl (C=O) groups excluding carboxylic acids is 2. The summed E-state index contributed by atoms with van der Waals surface area (Å²) in [6.45, 7) is 7.36. The molecule has 0 atom stereocenters. The van der Waals surface area contributed by atoms with Gasteiger partial charge in [0, 0.05) is 19.2 Å². The van der Waals surface area contributed by atoms with Crippen molar-refractivity contribution in [2.24, 2.45) is 5.92 Å². The molecular formula is C17H23N3O4. The van der Waals surface area contributed by atoms with Gasteiger partial charge in [-0.1, -0.05) is 25.9 Å². The van der Waals surface area contributed by atoms with E-state index in [2.05, 4.69) is 10.5 Å². The molecule has 2 aromatic rings. The van der Waals surface area contributed by atoms with Gasteiger partial charge >= 0.3 is 0 Å². The number of hydrogen-bond acceptors (Lipinski definition) is 5. The van der Waals surface area contributed by atoms with Crippen LogP contribution in [-0.2, 0) is 6.54 Å². The minimum Gasteiger partial charge on any atom is -0.459 e. The van der Waals surface area contributed by atoms with Gasteiger partial charge in [-0.05, 0) is 24.5 Å². The molecule has 0 aliphatic carbocycles. The zero-order valence-corrected chi connectivity index (χ0v) is 14.2. The van der Waals surface area contributed by atoms with E-state index in [9.17, 15) is 9.59 Å². The van der Waals surface area contributed by atoms with Crippen LogP contribution in [0.4, 0.5) is 0 Å². The molecule has 130 valence electrons. The minimum atomic E-state index is -0.280. The van der Waals surface area contributed by atoms with Crippen LogP contribution in [-0.4, -0.2) is 35.0 Å². The Labute approximate surface area is 141 Å². The lowest BCUT2D eigenvalue weighted by molar-refractivity contribution is 0.0695. The monoisotopic (exact) mass is 333 g/mol. The van der Waals surface area contributed by atoms with Crippen LogP contribution >= 0.6 is 0 Å². The van der Waals surface area contributed by atoms with E-state index in [1.54, 1.807) is 23.1 Å². The van der Waals surface area contributed by atoms with Gasteiger partial charge in [-0.15, -0.1) is 0 Å². The summed E-state index contributed by atoms with van der Waals surface area (Å²) < 4.78 is 10.4. The van der Waals surface area contributed by atoms with Crippen LogP contribution in [0.25, 0.3) is 0 Å². The third-order valence-electron chi connectivity index (χ3n) is 3.32. The standard InChI is InChI=1S/C17H23N3O4/c1-4-7-20(17(22)15-6-5-8-23-15)11-13-9-14(19-24-13)16(21)18-10-12(2)3/h5-6,8-9,12H,4,7,10-11H2,1-3H3,(H,18,21). The Morgan fingerprint density at radius 2 is 2.17 bits per heavy atom. The summed E-state index contributed by atoms with van der Waals surface area (Å²) in [6.07, 6.45) is 2.26. The van der Waals surface area contributed by atoms with Crippen molar-refractivity contribution < 1.29 is 18.5 Å². The molecule has 24 heavy (non-hydrogen) atoms. The van der Waals surface area contributed by atoms with E-state index in [-0.39, 0.29) is 29.8 Å². The molecular weight excluding hydrogens is 310 g/mol. The largest absolute Gasteiger partial charge is 0.459 e. The maximum Gasteiger partial charge on any atom is 0.289 e. The van der Waals surface area contributed by atoms with Gasteiger partial charge in [-0.2, -0.15) is 0 Å². The molecule has 0 aromatic carbocycles. The van der Waals surface area contributed by atoms with Crippen molar-refractivity contribution in [1.82, 2.24) is 15.4 Å². The summed E-state index contributed by atoms with van der Waals surface area (Å²) in [6, 6.07) is 4.85. The molecule has 0 aliphatic heterocycles. The van der Waals surface area contributed by atoms with Crippen LogP contribution in [0.2, 0.25) is 0 Å². The number of aromatic nitrogens is 1. The Bertz CT molecular complexity index is 661. The van der Waals surface area contributed by atoms with E-state index in [0.29, 0.717) is 24.8 Å². The summed E-state index contributed by atoms with van der Waals surface area (Å²) in [5.41, 5.74) is 0.215. The van der Waals surface area contributed by atoms with Crippen LogP contribution in [0.3, 0.4) is 0 Å². The summed E-state index contributed by atoms with van der Waals surface area (Å²) in [4.78, 5) is 26.0. The Kier molecular flexibility index (Phi) is 6.17. The SMILES string of the molecule is CCCN(Cc1cc(C(=O)NCC(C)C)no1)C(=O)c1ccco1. The van der Waals surface area contributed by atoms with Crippen LogP contribution in [0.5, 0.6) is 0 Å². The van der Waals surface area contributed by atoms with Crippen LogP contribution in [0, 0.1) is 5.92 Å². The van der Waals surface area contributed by atoms with Gasteiger partial charge in [0.1, 0.15) is 0 Å². The Balaban J connectivity index is 2.02. The molecule has 0 saturated heterocycles. The number of hydrogen-bond donors (Lipinski definition) is 1. The summed E-state index contributed by atoms with van der Waals surface area (Å²) >= 11 is 0. The van der Waals surface area contributed by atoms with Crippen molar-refractivity contribution in [3.63, 3.8) is 0 Å². The zero-order chi connectivity index (χ0) is 17.5. The number of carbonyl (C=O) groups is 2. The second-order valence-electron chi connectivity index (χ2n) is 5.99. The van der Waals surface area contributed by atoms with Crippen molar-refractivity contribution in [3.05, 3.63) is 41.7 Å². The number of amides is 2. The molecule has 0 fully saturated rings. The smallest absolute Gasteiger partial charge is 0.289 e. The first-order valence-corrected chi connectivity index (χ1v) is 8.07. The first-order chi connectivity index (χ1) is 11.5. The number of furan rings is 1. The van der Waals surface area contributed by atoms with Gasteiger partial charge < -0.3 is 19.2 Å². The van der Waals surface area contributed by atoms with Gasteiger partial charge in [-0.25, -0.2) is 0 Å². The highest BCUT2D eigenvalue weighted by Crippen LogP contribution is 2.12. The highest BCUT2D eigenvalue weighted by molar-refractivity contribution is 5.92. The highest BCUT2D eigenvalue weighted by atomic mass is 16.5. The van der Waals surface area contributed by atoms with E-state index >= 15 is 0 Å². The maximum absolute atomic E-state index is 12.4. The van der Waals surface area contributed by atoms with Crippen molar-refractivity contribution in [2.45, 2.75) is 33.7 Å². The van der Waals surface area contributed by atoms with Crippen LogP contribution in [0.15, 0.2) is 33.4 Å². The maximum atomic E-state index is 12.4. The molecule has 2 amide bonds.